The lowest BCUT2D eigenvalue weighted by Gasteiger charge is -2.23. The Balaban J connectivity index is 2.36. The lowest BCUT2D eigenvalue weighted by molar-refractivity contribution is 0.282. The van der Waals surface area contributed by atoms with Crippen molar-refractivity contribution in [2.24, 2.45) is 5.92 Å². The van der Waals surface area contributed by atoms with Gasteiger partial charge in [0.1, 0.15) is 0 Å². The van der Waals surface area contributed by atoms with Crippen LogP contribution in [0.4, 0.5) is 0 Å². The van der Waals surface area contributed by atoms with Crippen LogP contribution in [0.1, 0.15) is 6.42 Å². The lowest BCUT2D eigenvalue weighted by Crippen LogP contribution is -2.31. The molecule has 3 heteroatoms. The van der Waals surface area contributed by atoms with E-state index in [4.69, 9.17) is 11.6 Å². The standard InChI is InChI=1S/C8H17ClN2/c1-10(2)8(9)7-4-5-11(3)6-7/h7-8H,4-6H2,1-3H3. The summed E-state index contributed by atoms with van der Waals surface area (Å²) in [4.78, 5) is 4.43. The van der Waals surface area contributed by atoms with E-state index in [0.29, 0.717) is 5.92 Å². The molecule has 0 radical (unpaired) electrons. The van der Waals surface area contributed by atoms with Gasteiger partial charge in [-0.1, -0.05) is 0 Å². The summed E-state index contributed by atoms with van der Waals surface area (Å²) < 4.78 is 0. The topological polar surface area (TPSA) is 6.48 Å². The van der Waals surface area contributed by atoms with E-state index in [1.165, 1.54) is 13.0 Å². The van der Waals surface area contributed by atoms with Gasteiger partial charge in [-0.05, 0) is 34.1 Å². The number of hydrogen-bond donors (Lipinski definition) is 0. The third-order valence-corrected chi connectivity index (χ3v) is 3.06. The number of nitrogens with zero attached hydrogens (tertiary/aromatic N) is 2. The zero-order chi connectivity index (χ0) is 8.43. The molecule has 1 aliphatic rings. The van der Waals surface area contributed by atoms with Crippen LogP contribution in [0.5, 0.6) is 0 Å². The highest BCUT2D eigenvalue weighted by atomic mass is 35.5. The number of hydrogen-bond acceptors (Lipinski definition) is 2. The summed E-state index contributed by atoms with van der Waals surface area (Å²) in [6.07, 6.45) is 1.24. The Labute approximate surface area is 74.1 Å². The van der Waals surface area contributed by atoms with Crippen molar-refractivity contribution in [3.05, 3.63) is 0 Å². The van der Waals surface area contributed by atoms with Crippen molar-refractivity contribution in [2.75, 3.05) is 34.2 Å². The predicted molar refractivity (Wildman–Crippen MR) is 48.9 cm³/mol. The van der Waals surface area contributed by atoms with Gasteiger partial charge in [0, 0.05) is 12.5 Å². The van der Waals surface area contributed by atoms with Gasteiger partial charge in [-0.25, -0.2) is 0 Å². The fourth-order valence-electron chi connectivity index (χ4n) is 1.62. The maximum atomic E-state index is 6.19. The summed E-state index contributed by atoms with van der Waals surface area (Å²) in [6, 6.07) is 0. The molecule has 11 heavy (non-hydrogen) atoms. The van der Waals surface area contributed by atoms with E-state index in [1.807, 2.05) is 14.1 Å². The van der Waals surface area contributed by atoms with Crippen molar-refractivity contribution in [2.45, 2.75) is 11.9 Å². The van der Waals surface area contributed by atoms with Gasteiger partial charge in [-0.3, -0.25) is 4.90 Å². The molecule has 0 amide bonds. The Hall–Kier alpha value is 0.210. The maximum Gasteiger partial charge on any atom is 0.0886 e. The van der Waals surface area contributed by atoms with Crippen LogP contribution in [-0.4, -0.2) is 49.5 Å². The molecule has 1 saturated heterocycles. The van der Waals surface area contributed by atoms with Crippen molar-refractivity contribution in [3.63, 3.8) is 0 Å². The minimum Gasteiger partial charge on any atom is -0.306 e. The Morgan fingerprint density at radius 3 is 2.55 bits per heavy atom. The van der Waals surface area contributed by atoms with Gasteiger partial charge in [-0.15, -0.1) is 11.6 Å². The maximum absolute atomic E-state index is 6.19. The molecule has 1 aliphatic heterocycles. The third-order valence-electron chi connectivity index (χ3n) is 2.31. The molecule has 0 aromatic carbocycles. The van der Waals surface area contributed by atoms with Crippen LogP contribution in [-0.2, 0) is 0 Å². The molecule has 1 fully saturated rings. The Bertz CT molecular complexity index is 127. The van der Waals surface area contributed by atoms with E-state index in [0.717, 1.165) is 6.54 Å². The molecule has 0 aliphatic carbocycles. The zero-order valence-electron chi connectivity index (χ0n) is 7.55. The zero-order valence-corrected chi connectivity index (χ0v) is 8.30. The first-order chi connectivity index (χ1) is 5.11. The van der Waals surface area contributed by atoms with Gasteiger partial charge in [-0.2, -0.15) is 0 Å². The highest BCUT2D eigenvalue weighted by Crippen LogP contribution is 2.23. The van der Waals surface area contributed by atoms with E-state index >= 15 is 0 Å². The molecule has 0 aromatic rings. The van der Waals surface area contributed by atoms with Crippen molar-refractivity contribution >= 4 is 11.6 Å². The molecule has 1 heterocycles. The second kappa shape index (κ2) is 3.74. The van der Waals surface area contributed by atoms with Crippen LogP contribution >= 0.6 is 11.6 Å². The Morgan fingerprint density at radius 2 is 2.18 bits per heavy atom. The van der Waals surface area contributed by atoms with Gasteiger partial charge in [0.25, 0.3) is 0 Å². The number of likely N-dealkylation sites (tertiary alicyclic amines) is 1. The quantitative estimate of drug-likeness (QED) is 0.459. The molecule has 66 valence electrons. The molecule has 0 N–H and O–H groups in total. The normalized spacial score (nSPS) is 29.7. The average Bonchev–Trinajstić information content (AvgIpc) is 2.34. The van der Waals surface area contributed by atoms with Crippen LogP contribution in [0.2, 0.25) is 0 Å². The van der Waals surface area contributed by atoms with E-state index in [-0.39, 0.29) is 5.50 Å². The van der Waals surface area contributed by atoms with Crippen LogP contribution in [0.3, 0.4) is 0 Å². The summed E-state index contributed by atoms with van der Waals surface area (Å²) in [5, 5.41) is 0. The Kier molecular flexibility index (Phi) is 3.16. The second-order valence-electron chi connectivity index (χ2n) is 3.65. The van der Waals surface area contributed by atoms with Crippen molar-refractivity contribution < 1.29 is 0 Å². The SMILES string of the molecule is CN1CCC(C(Cl)N(C)C)C1. The smallest absolute Gasteiger partial charge is 0.0886 e. The summed E-state index contributed by atoms with van der Waals surface area (Å²) in [7, 11) is 6.23. The summed E-state index contributed by atoms with van der Waals surface area (Å²) in [6.45, 7) is 2.34. The van der Waals surface area contributed by atoms with Crippen LogP contribution in [0.15, 0.2) is 0 Å². The monoisotopic (exact) mass is 176 g/mol. The van der Waals surface area contributed by atoms with Gasteiger partial charge in [0.05, 0.1) is 5.50 Å². The van der Waals surface area contributed by atoms with E-state index < -0.39 is 0 Å². The van der Waals surface area contributed by atoms with Gasteiger partial charge >= 0.3 is 0 Å². The van der Waals surface area contributed by atoms with Gasteiger partial charge in [0.2, 0.25) is 0 Å². The highest BCUT2D eigenvalue weighted by Gasteiger charge is 2.27. The Morgan fingerprint density at radius 1 is 1.55 bits per heavy atom. The molecular formula is C8H17ClN2. The summed E-state index contributed by atoms with van der Waals surface area (Å²) >= 11 is 6.19. The minimum absolute atomic E-state index is 0.208. The molecular weight excluding hydrogens is 160 g/mol. The van der Waals surface area contributed by atoms with Crippen molar-refractivity contribution in [3.8, 4) is 0 Å². The summed E-state index contributed by atoms with van der Waals surface area (Å²) in [5.74, 6) is 0.650. The first kappa shape index (κ1) is 9.30. The molecule has 2 nitrogen and oxygen atoms in total. The first-order valence-corrected chi connectivity index (χ1v) is 4.54. The molecule has 2 unspecified atom stereocenters. The van der Waals surface area contributed by atoms with Crippen LogP contribution in [0, 0.1) is 5.92 Å². The molecule has 2 atom stereocenters. The second-order valence-corrected chi connectivity index (χ2v) is 4.09. The van der Waals surface area contributed by atoms with E-state index in [2.05, 4.69) is 16.8 Å². The average molecular weight is 177 g/mol. The predicted octanol–water partition coefficient (Wildman–Crippen LogP) is 1.06. The lowest BCUT2D eigenvalue weighted by atomic mass is 10.1. The largest absolute Gasteiger partial charge is 0.306 e. The fraction of sp³-hybridized carbons (Fsp3) is 1.00. The van der Waals surface area contributed by atoms with Crippen molar-refractivity contribution in [1.82, 2.24) is 9.80 Å². The summed E-state index contributed by atoms with van der Waals surface area (Å²) in [5.41, 5.74) is 0.208. The van der Waals surface area contributed by atoms with Crippen LogP contribution in [0.25, 0.3) is 0 Å². The number of halogens is 1. The van der Waals surface area contributed by atoms with Crippen molar-refractivity contribution in [1.29, 1.82) is 0 Å². The van der Waals surface area contributed by atoms with Gasteiger partial charge in [0.15, 0.2) is 0 Å². The highest BCUT2D eigenvalue weighted by molar-refractivity contribution is 6.20. The molecule has 0 saturated carbocycles. The molecule has 0 bridgehead atoms. The third kappa shape index (κ3) is 2.32. The van der Waals surface area contributed by atoms with Crippen LogP contribution < -0.4 is 0 Å². The fourth-order valence-corrected chi connectivity index (χ4v) is 1.82. The number of rotatable bonds is 2. The molecule has 0 spiro atoms. The minimum atomic E-state index is 0.208. The van der Waals surface area contributed by atoms with E-state index in [1.54, 1.807) is 0 Å². The first-order valence-electron chi connectivity index (χ1n) is 4.10. The number of alkyl halides is 1. The van der Waals surface area contributed by atoms with E-state index in [9.17, 15) is 0 Å². The molecule has 1 rings (SSSR count). The molecule has 0 aromatic heterocycles. The van der Waals surface area contributed by atoms with Gasteiger partial charge < -0.3 is 4.90 Å².